The van der Waals surface area contributed by atoms with E-state index >= 15 is 0 Å². The summed E-state index contributed by atoms with van der Waals surface area (Å²) in [6, 6.07) is 15.3. The molecule has 0 spiro atoms. The van der Waals surface area contributed by atoms with E-state index in [2.05, 4.69) is 16.5 Å². The van der Waals surface area contributed by atoms with Crippen molar-refractivity contribution >= 4 is 39.9 Å². The number of rotatable bonds is 8. The van der Waals surface area contributed by atoms with Crippen molar-refractivity contribution in [2.75, 3.05) is 12.1 Å². The zero-order valence-electron chi connectivity index (χ0n) is 21.3. The Bertz CT molecular complexity index is 1660. The van der Waals surface area contributed by atoms with E-state index in [4.69, 9.17) is 24.5 Å². The molecule has 3 aromatic heterocycles. The minimum atomic E-state index is -0.389. The molecular formula is C27H27N7O3S. The van der Waals surface area contributed by atoms with E-state index < -0.39 is 0 Å². The maximum Gasteiger partial charge on any atom is 0.237 e. The third kappa shape index (κ3) is 4.65. The van der Waals surface area contributed by atoms with Crippen LogP contribution in [-0.2, 0) is 17.8 Å². The molecule has 4 heterocycles. The van der Waals surface area contributed by atoms with Gasteiger partial charge in [0.15, 0.2) is 28.1 Å². The van der Waals surface area contributed by atoms with Crippen molar-refractivity contribution < 1.29 is 14.3 Å². The van der Waals surface area contributed by atoms with Crippen LogP contribution in [0.15, 0.2) is 53.7 Å². The molecule has 1 amide bonds. The molecule has 0 fully saturated rings. The van der Waals surface area contributed by atoms with Crippen molar-refractivity contribution in [3.63, 3.8) is 0 Å². The molecule has 5 aromatic rings. The minimum absolute atomic E-state index is 0.121. The number of para-hydroxylation sites is 1. The summed E-state index contributed by atoms with van der Waals surface area (Å²) >= 11 is 1.38. The van der Waals surface area contributed by atoms with Gasteiger partial charge < -0.3 is 14.8 Å². The van der Waals surface area contributed by atoms with E-state index in [-0.39, 0.29) is 18.0 Å². The van der Waals surface area contributed by atoms with Crippen LogP contribution in [-0.4, -0.2) is 47.3 Å². The SMILES string of the molecule is CC[C@@H](Sc1nc2ccccc2c2nc(CCn3nc(C)cc3C)nn12)C(=O)Nc1ccc2c(c1)OCO2. The molecule has 11 heteroatoms. The molecule has 10 nitrogen and oxygen atoms in total. The van der Waals surface area contributed by atoms with Crippen molar-refractivity contribution in [2.24, 2.45) is 0 Å². The Balaban J connectivity index is 1.28. The summed E-state index contributed by atoms with van der Waals surface area (Å²) < 4.78 is 14.5. The number of nitrogens with zero attached hydrogens (tertiary/aromatic N) is 6. The van der Waals surface area contributed by atoms with E-state index in [0.29, 0.717) is 47.6 Å². The fourth-order valence-electron chi connectivity index (χ4n) is 4.51. The van der Waals surface area contributed by atoms with Crippen LogP contribution in [0, 0.1) is 13.8 Å². The fourth-order valence-corrected chi connectivity index (χ4v) is 5.47. The molecule has 6 rings (SSSR count). The summed E-state index contributed by atoms with van der Waals surface area (Å²) in [5.74, 6) is 1.88. The Hall–Kier alpha value is -4.12. The van der Waals surface area contributed by atoms with E-state index in [1.54, 1.807) is 16.6 Å². The normalized spacial score (nSPS) is 13.3. The van der Waals surface area contributed by atoms with E-state index in [9.17, 15) is 4.79 Å². The summed E-state index contributed by atoms with van der Waals surface area (Å²) in [7, 11) is 0. The molecule has 194 valence electrons. The summed E-state index contributed by atoms with van der Waals surface area (Å²) in [4.78, 5) is 23.0. The van der Waals surface area contributed by atoms with Crippen LogP contribution >= 0.6 is 11.8 Å². The molecule has 2 aromatic carbocycles. The molecule has 1 atom stereocenters. The molecule has 0 bridgehead atoms. The van der Waals surface area contributed by atoms with Gasteiger partial charge in [0.1, 0.15) is 0 Å². The standard InChI is InChI=1S/C27H27N7O3S/c1-4-23(26(35)28-18-9-10-21-22(14-18)37-15-36-21)38-27-29-20-8-6-5-7-19(20)25-30-24(32-34(25)27)11-12-33-17(3)13-16(2)31-33/h5-10,13-14,23H,4,11-12,15H2,1-3H3,(H,28,35)/t23-/m1/s1. The van der Waals surface area contributed by atoms with Crippen LogP contribution in [0.5, 0.6) is 11.5 Å². The van der Waals surface area contributed by atoms with Crippen molar-refractivity contribution in [1.82, 2.24) is 29.4 Å². The van der Waals surface area contributed by atoms with Gasteiger partial charge in [-0.2, -0.15) is 9.61 Å². The number of benzene rings is 2. The maximum atomic E-state index is 13.3. The number of amides is 1. The second-order valence-corrected chi connectivity index (χ2v) is 10.3. The van der Waals surface area contributed by atoms with Crippen LogP contribution in [0.3, 0.4) is 0 Å². The third-order valence-electron chi connectivity index (χ3n) is 6.39. The van der Waals surface area contributed by atoms with Crippen LogP contribution in [0.25, 0.3) is 16.6 Å². The van der Waals surface area contributed by atoms with Gasteiger partial charge in [-0.25, -0.2) is 9.97 Å². The molecule has 0 saturated heterocycles. The van der Waals surface area contributed by atoms with Crippen molar-refractivity contribution in [3.05, 3.63) is 65.7 Å². The van der Waals surface area contributed by atoms with Crippen LogP contribution in [0.1, 0.15) is 30.6 Å². The average Bonchev–Trinajstić information content (AvgIpc) is 3.63. The molecule has 0 radical (unpaired) electrons. The highest BCUT2D eigenvalue weighted by molar-refractivity contribution is 8.00. The zero-order chi connectivity index (χ0) is 26.2. The number of hydrogen-bond acceptors (Lipinski definition) is 8. The number of thioether (sulfide) groups is 1. The number of aromatic nitrogens is 6. The molecule has 0 unspecified atom stereocenters. The van der Waals surface area contributed by atoms with Crippen LogP contribution in [0.4, 0.5) is 5.69 Å². The number of carbonyl (C=O) groups excluding carboxylic acids is 1. The van der Waals surface area contributed by atoms with E-state index in [0.717, 1.165) is 27.9 Å². The van der Waals surface area contributed by atoms with E-state index in [1.807, 2.05) is 55.8 Å². The van der Waals surface area contributed by atoms with E-state index in [1.165, 1.54) is 11.8 Å². The van der Waals surface area contributed by atoms with Gasteiger partial charge in [-0.05, 0) is 50.6 Å². The first-order valence-electron chi connectivity index (χ1n) is 12.5. The molecule has 1 aliphatic rings. The van der Waals surface area contributed by atoms with Crippen molar-refractivity contribution in [2.45, 2.75) is 50.6 Å². The first kappa shape index (κ1) is 24.2. The highest BCUT2D eigenvalue weighted by Gasteiger charge is 2.23. The molecule has 0 saturated carbocycles. The van der Waals surface area contributed by atoms with Crippen molar-refractivity contribution in [1.29, 1.82) is 0 Å². The zero-order valence-corrected chi connectivity index (χ0v) is 22.2. The quantitative estimate of drug-likeness (QED) is 0.230. The Morgan fingerprint density at radius 1 is 1.08 bits per heavy atom. The Morgan fingerprint density at radius 3 is 2.74 bits per heavy atom. The van der Waals surface area contributed by atoms with Gasteiger partial charge in [-0.3, -0.25) is 9.48 Å². The number of fused-ring (bicyclic) bond motifs is 4. The lowest BCUT2D eigenvalue weighted by molar-refractivity contribution is -0.115. The second kappa shape index (κ2) is 9.97. The molecule has 0 aliphatic carbocycles. The van der Waals surface area contributed by atoms with Gasteiger partial charge in [0.05, 0.1) is 16.5 Å². The fraction of sp³-hybridized carbons (Fsp3) is 0.296. The first-order chi connectivity index (χ1) is 18.5. The smallest absolute Gasteiger partial charge is 0.237 e. The predicted octanol–water partition coefficient (Wildman–Crippen LogP) is 4.57. The van der Waals surface area contributed by atoms with Gasteiger partial charge in [-0.1, -0.05) is 30.8 Å². The van der Waals surface area contributed by atoms with Crippen LogP contribution in [0.2, 0.25) is 0 Å². The largest absolute Gasteiger partial charge is 0.454 e. The number of ether oxygens (including phenoxy) is 2. The minimum Gasteiger partial charge on any atom is -0.454 e. The van der Waals surface area contributed by atoms with Gasteiger partial charge in [0.25, 0.3) is 0 Å². The summed E-state index contributed by atoms with van der Waals surface area (Å²) in [6.07, 6.45) is 1.24. The van der Waals surface area contributed by atoms with Gasteiger partial charge in [0, 0.05) is 35.8 Å². The third-order valence-corrected chi connectivity index (χ3v) is 7.70. The Labute approximate surface area is 223 Å². The summed E-state index contributed by atoms with van der Waals surface area (Å²) in [6.45, 7) is 6.88. The monoisotopic (exact) mass is 529 g/mol. The number of hydrogen-bond donors (Lipinski definition) is 1. The Kier molecular flexibility index (Phi) is 6.36. The van der Waals surface area contributed by atoms with Gasteiger partial charge >= 0.3 is 0 Å². The summed E-state index contributed by atoms with van der Waals surface area (Å²) in [5, 5.41) is 13.5. The predicted molar refractivity (Wildman–Crippen MR) is 145 cm³/mol. The first-order valence-corrected chi connectivity index (χ1v) is 13.4. The topological polar surface area (TPSA) is 108 Å². The molecular weight excluding hydrogens is 502 g/mol. The lowest BCUT2D eigenvalue weighted by atomic mass is 10.2. The maximum absolute atomic E-state index is 13.3. The van der Waals surface area contributed by atoms with Gasteiger partial charge in [0.2, 0.25) is 12.7 Å². The van der Waals surface area contributed by atoms with Crippen LogP contribution < -0.4 is 14.8 Å². The molecule has 38 heavy (non-hydrogen) atoms. The lowest BCUT2D eigenvalue weighted by Crippen LogP contribution is -2.25. The van der Waals surface area contributed by atoms with Gasteiger partial charge in [-0.15, -0.1) is 5.10 Å². The number of nitrogens with one attached hydrogen (secondary N) is 1. The average molecular weight is 530 g/mol. The second-order valence-electron chi connectivity index (χ2n) is 9.15. The van der Waals surface area contributed by atoms with Crippen molar-refractivity contribution in [3.8, 4) is 11.5 Å². The molecule has 1 aliphatic heterocycles. The number of anilines is 1. The molecule has 1 N–H and O–H groups in total. The highest BCUT2D eigenvalue weighted by atomic mass is 32.2. The number of aryl methyl sites for hydroxylation is 4. The summed E-state index contributed by atoms with van der Waals surface area (Å²) in [5.41, 5.74) is 4.29. The lowest BCUT2D eigenvalue weighted by Gasteiger charge is -2.15. The number of carbonyl (C=O) groups is 1. The highest BCUT2D eigenvalue weighted by Crippen LogP contribution is 2.35. The Morgan fingerprint density at radius 2 is 1.92 bits per heavy atom.